The van der Waals surface area contributed by atoms with Crippen LogP contribution in [-0.2, 0) is 10.9 Å². The third kappa shape index (κ3) is 3.69. The molecular formula is C20H19F3N4O2. The zero-order valence-electron chi connectivity index (χ0n) is 15.8. The van der Waals surface area contributed by atoms with Crippen LogP contribution in [0, 0.1) is 0 Å². The highest BCUT2D eigenvalue weighted by molar-refractivity contribution is 5.98. The van der Waals surface area contributed by atoms with Crippen molar-refractivity contribution in [1.29, 1.82) is 0 Å². The molecule has 3 aromatic rings. The van der Waals surface area contributed by atoms with Crippen LogP contribution in [0.1, 0.15) is 19.4 Å². The summed E-state index contributed by atoms with van der Waals surface area (Å²) in [6.45, 7) is 5.22. The molecule has 1 aliphatic rings. The molecule has 0 spiro atoms. The molecule has 0 radical (unpaired) electrons. The SMILES string of the molecule is CC1CN(c2nnc(-c3ccc(C(F)(F)F)cc3O)c3ncccc23)CC(C)O1. The molecule has 9 heteroatoms. The minimum atomic E-state index is -4.55. The van der Waals surface area contributed by atoms with Crippen molar-refractivity contribution in [3.8, 4) is 17.0 Å². The minimum Gasteiger partial charge on any atom is -0.507 e. The molecule has 2 unspecified atom stereocenters. The summed E-state index contributed by atoms with van der Waals surface area (Å²) < 4.78 is 44.5. The summed E-state index contributed by atoms with van der Waals surface area (Å²) in [5.41, 5.74) is -0.106. The lowest BCUT2D eigenvalue weighted by Gasteiger charge is -2.36. The number of phenols is 1. The van der Waals surface area contributed by atoms with Gasteiger partial charge in [-0.3, -0.25) is 4.98 Å². The Morgan fingerprint density at radius 2 is 1.83 bits per heavy atom. The predicted molar refractivity (Wildman–Crippen MR) is 102 cm³/mol. The van der Waals surface area contributed by atoms with Crippen molar-refractivity contribution in [2.75, 3.05) is 18.0 Å². The van der Waals surface area contributed by atoms with E-state index in [2.05, 4.69) is 20.1 Å². The summed E-state index contributed by atoms with van der Waals surface area (Å²) in [6, 6.07) is 6.38. The molecule has 1 aliphatic heterocycles. The van der Waals surface area contributed by atoms with Gasteiger partial charge in [-0.2, -0.15) is 13.2 Å². The average molecular weight is 404 g/mol. The van der Waals surface area contributed by atoms with Gasteiger partial charge in [-0.1, -0.05) is 0 Å². The van der Waals surface area contributed by atoms with Crippen LogP contribution >= 0.6 is 0 Å². The molecule has 0 bridgehead atoms. The summed E-state index contributed by atoms with van der Waals surface area (Å²) in [4.78, 5) is 6.43. The van der Waals surface area contributed by atoms with Crippen LogP contribution in [-0.4, -0.2) is 45.6 Å². The molecule has 1 saturated heterocycles. The summed E-state index contributed by atoms with van der Waals surface area (Å²) in [7, 11) is 0. The fourth-order valence-electron chi connectivity index (χ4n) is 3.65. The van der Waals surface area contributed by atoms with Gasteiger partial charge in [0.25, 0.3) is 0 Å². The fraction of sp³-hybridized carbons (Fsp3) is 0.350. The highest BCUT2D eigenvalue weighted by Crippen LogP contribution is 2.38. The van der Waals surface area contributed by atoms with Gasteiger partial charge in [0.1, 0.15) is 17.0 Å². The number of ether oxygens (including phenoxy) is 1. The van der Waals surface area contributed by atoms with E-state index in [1.807, 2.05) is 19.9 Å². The van der Waals surface area contributed by atoms with E-state index in [1.165, 1.54) is 6.07 Å². The smallest absolute Gasteiger partial charge is 0.416 e. The second kappa shape index (κ2) is 7.14. The Morgan fingerprint density at radius 3 is 2.48 bits per heavy atom. The summed E-state index contributed by atoms with van der Waals surface area (Å²) in [6.07, 6.45) is -2.93. The maximum absolute atomic E-state index is 12.9. The molecule has 3 heterocycles. The highest BCUT2D eigenvalue weighted by atomic mass is 19.4. The number of morpholine rings is 1. The van der Waals surface area contributed by atoms with Gasteiger partial charge in [-0.15, -0.1) is 10.2 Å². The number of aromatic nitrogens is 3. The molecule has 1 N–H and O–H groups in total. The van der Waals surface area contributed by atoms with Crippen molar-refractivity contribution >= 4 is 16.7 Å². The van der Waals surface area contributed by atoms with Gasteiger partial charge in [-0.25, -0.2) is 0 Å². The monoisotopic (exact) mass is 404 g/mol. The number of phenolic OH excluding ortho intramolecular Hbond substituents is 1. The predicted octanol–water partition coefficient (Wildman–Crippen LogP) is 4.03. The molecular weight excluding hydrogens is 385 g/mol. The van der Waals surface area contributed by atoms with Crippen LogP contribution in [0.25, 0.3) is 22.2 Å². The lowest BCUT2D eigenvalue weighted by atomic mass is 10.0. The van der Waals surface area contributed by atoms with Gasteiger partial charge in [0.15, 0.2) is 5.82 Å². The minimum absolute atomic E-state index is 0.0194. The number of alkyl halides is 3. The maximum Gasteiger partial charge on any atom is 0.416 e. The number of rotatable bonds is 2. The Morgan fingerprint density at radius 1 is 1.10 bits per heavy atom. The van der Waals surface area contributed by atoms with Gasteiger partial charge < -0.3 is 14.7 Å². The first-order valence-corrected chi connectivity index (χ1v) is 9.16. The van der Waals surface area contributed by atoms with Gasteiger partial charge in [0, 0.05) is 30.2 Å². The number of pyridine rings is 1. The number of hydrogen-bond acceptors (Lipinski definition) is 6. The van der Waals surface area contributed by atoms with E-state index >= 15 is 0 Å². The molecule has 1 aromatic carbocycles. The Bertz CT molecular complexity index is 1050. The molecule has 1 fully saturated rings. The normalized spacial score (nSPS) is 20.2. The molecule has 0 aliphatic carbocycles. The van der Waals surface area contributed by atoms with E-state index in [0.29, 0.717) is 35.9 Å². The van der Waals surface area contributed by atoms with E-state index in [9.17, 15) is 18.3 Å². The number of aromatic hydroxyl groups is 1. The Labute approximate surface area is 165 Å². The largest absolute Gasteiger partial charge is 0.507 e. The van der Waals surface area contributed by atoms with Crippen LogP contribution in [0.5, 0.6) is 5.75 Å². The fourth-order valence-corrected chi connectivity index (χ4v) is 3.65. The van der Waals surface area contributed by atoms with Crippen molar-refractivity contribution < 1.29 is 23.0 Å². The molecule has 6 nitrogen and oxygen atoms in total. The average Bonchev–Trinajstić information content (AvgIpc) is 2.66. The summed E-state index contributed by atoms with van der Waals surface area (Å²) in [5.74, 6) is 0.104. The van der Waals surface area contributed by atoms with E-state index in [0.717, 1.165) is 6.07 Å². The van der Waals surface area contributed by atoms with Crippen LogP contribution in [0.4, 0.5) is 19.0 Å². The lowest BCUT2D eigenvalue weighted by Crippen LogP contribution is -2.46. The Hall–Kier alpha value is -2.94. The molecule has 2 atom stereocenters. The molecule has 2 aromatic heterocycles. The van der Waals surface area contributed by atoms with Gasteiger partial charge in [0.05, 0.1) is 17.8 Å². The van der Waals surface area contributed by atoms with Crippen molar-refractivity contribution in [3.63, 3.8) is 0 Å². The molecule has 4 rings (SSSR count). The zero-order chi connectivity index (χ0) is 20.8. The number of benzene rings is 1. The molecule has 0 amide bonds. The van der Waals surface area contributed by atoms with Gasteiger partial charge >= 0.3 is 6.18 Å². The second-order valence-electron chi connectivity index (χ2n) is 7.16. The van der Waals surface area contributed by atoms with Crippen molar-refractivity contribution in [3.05, 3.63) is 42.1 Å². The van der Waals surface area contributed by atoms with E-state index in [-0.39, 0.29) is 23.5 Å². The molecule has 0 saturated carbocycles. The number of anilines is 1. The number of halogens is 3. The quantitative estimate of drug-likeness (QED) is 0.695. The van der Waals surface area contributed by atoms with E-state index < -0.39 is 17.5 Å². The van der Waals surface area contributed by atoms with Crippen molar-refractivity contribution in [1.82, 2.24) is 15.2 Å². The second-order valence-corrected chi connectivity index (χ2v) is 7.16. The summed E-state index contributed by atoms with van der Waals surface area (Å²) in [5, 5.41) is 19.5. The molecule has 152 valence electrons. The molecule has 29 heavy (non-hydrogen) atoms. The Kier molecular flexibility index (Phi) is 4.77. The third-order valence-corrected chi connectivity index (χ3v) is 4.82. The van der Waals surface area contributed by atoms with E-state index in [1.54, 1.807) is 12.3 Å². The summed E-state index contributed by atoms with van der Waals surface area (Å²) >= 11 is 0. The first kappa shape index (κ1) is 19.4. The van der Waals surface area contributed by atoms with Crippen LogP contribution in [0.2, 0.25) is 0 Å². The standard InChI is InChI=1S/C20H19F3N4O2/c1-11-9-27(10-12(2)29-11)19-15-4-3-7-24-17(15)18(25-26-19)14-6-5-13(8-16(14)28)20(21,22)23/h3-8,11-12,28H,9-10H2,1-2H3. The van der Waals surface area contributed by atoms with Crippen LogP contribution < -0.4 is 4.90 Å². The van der Waals surface area contributed by atoms with Gasteiger partial charge in [0.2, 0.25) is 0 Å². The van der Waals surface area contributed by atoms with Gasteiger partial charge in [-0.05, 0) is 44.2 Å². The zero-order valence-corrected chi connectivity index (χ0v) is 15.8. The number of fused-ring (bicyclic) bond motifs is 1. The first-order valence-electron chi connectivity index (χ1n) is 9.16. The first-order chi connectivity index (χ1) is 13.7. The van der Waals surface area contributed by atoms with Crippen LogP contribution in [0.15, 0.2) is 36.5 Å². The maximum atomic E-state index is 12.9. The topological polar surface area (TPSA) is 71.4 Å². The highest BCUT2D eigenvalue weighted by Gasteiger charge is 2.32. The lowest BCUT2D eigenvalue weighted by molar-refractivity contribution is -0.137. The number of nitrogens with zero attached hydrogens (tertiary/aromatic N) is 4. The van der Waals surface area contributed by atoms with E-state index in [4.69, 9.17) is 4.74 Å². The number of hydrogen-bond donors (Lipinski definition) is 1. The third-order valence-electron chi connectivity index (χ3n) is 4.82. The Balaban J connectivity index is 1.82. The van der Waals surface area contributed by atoms with Crippen molar-refractivity contribution in [2.24, 2.45) is 0 Å². The van der Waals surface area contributed by atoms with Crippen molar-refractivity contribution in [2.45, 2.75) is 32.2 Å². The van der Waals surface area contributed by atoms with Crippen LogP contribution in [0.3, 0.4) is 0 Å².